The number of urea groups is 1. The van der Waals surface area contributed by atoms with Crippen LogP contribution < -0.4 is 20.3 Å². The van der Waals surface area contributed by atoms with Crippen LogP contribution in [0.2, 0.25) is 0 Å². The monoisotopic (exact) mass is 548 g/mol. The molecular formula is C27H25FN6O4S. The molecule has 1 aliphatic heterocycles. The number of carbonyl (C=O) groups is 2. The number of benzene rings is 1. The molecule has 0 radical (unpaired) electrons. The van der Waals surface area contributed by atoms with Gasteiger partial charge in [-0.05, 0) is 43.2 Å². The van der Waals surface area contributed by atoms with Gasteiger partial charge in [0.15, 0.2) is 11.6 Å². The van der Waals surface area contributed by atoms with Gasteiger partial charge in [0.25, 0.3) is 0 Å². The van der Waals surface area contributed by atoms with Gasteiger partial charge in [0, 0.05) is 50.2 Å². The summed E-state index contributed by atoms with van der Waals surface area (Å²) in [5.74, 6) is -0.0968. The number of hydrogen-bond acceptors (Lipinski definition) is 7. The molecule has 0 bridgehead atoms. The van der Waals surface area contributed by atoms with E-state index in [0.717, 1.165) is 33.8 Å². The Morgan fingerprint density at radius 1 is 1.13 bits per heavy atom. The Morgan fingerprint density at radius 2 is 1.95 bits per heavy atom. The number of rotatable bonds is 7. The van der Waals surface area contributed by atoms with Gasteiger partial charge in [-0.15, -0.1) is 11.3 Å². The molecule has 2 fully saturated rings. The fraction of sp³-hybridized carbons (Fsp3) is 0.259. The summed E-state index contributed by atoms with van der Waals surface area (Å²) in [7, 11) is 1.93. The van der Waals surface area contributed by atoms with Crippen LogP contribution in [0.15, 0.2) is 54.9 Å². The smallest absolute Gasteiger partial charge is 0.407 e. The molecule has 4 aromatic rings. The lowest BCUT2D eigenvalue weighted by atomic mass is 10.1. The third-order valence-corrected chi connectivity index (χ3v) is 7.95. The van der Waals surface area contributed by atoms with Crippen LogP contribution >= 0.6 is 11.3 Å². The van der Waals surface area contributed by atoms with Gasteiger partial charge in [-0.1, -0.05) is 0 Å². The van der Waals surface area contributed by atoms with Crippen molar-refractivity contribution in [1.29, 1.82) is 0 Å². The van der Waals surface area contributed by atoms with E-state index >= 15 is 0 Å². The minimum atomic E-state index is -0.903. The number of carbonyl (C=O) groups excluding carboxylic acids is 1. The lowest BCUT2D eigenvalue weighted by Gasteiger charge is -2.43. The summed E-state index contributed by atoms with van der Waals surface area (Å²) in [6, 6.07) is 11.7. The highest BCUT2D eigenvalue weighted by Crippen LogP contribution is 2.39. The normalized spacial score (nSPS) is 15.1. The Morgan fingerprint density at radius 3 is 2.64 bits per heavy atom. The van der Waals surface area contributed by atoms with Crippen LogP contribution in [-0.2, 0) is 0 Å². The van der Waals surface area contributed by atoms with E-state index in [4.69, 9.17) is 9.84 Å². The van der Waals surface area contributed by atoms with Crippen molar-refractivity contribution in [3.63, 3.8) is 0 Å². The first-order chi connectivity index (χ1) is 18.8. The van der Waals surface area contributed by atoms with E-state index in [2.05, 4.69) is 20.6 Å². The Hall–Kier alpha value is -4.45. The number of fused-ring (bicyclic) bond motifs is 1. The number of anilines is 2. The highest BCUT2D eigenvalue weighted by atomic mass is 32.1. The predicted molar refractivity (Wildman–Crippen MR) is 146 cm³/mol. The topological polar surface area (TPSA) is 120 Å². The number of carboxylic acid groups (broad SMARTS) is 1. The molecule has 10 nitrogen and oxygen atoms in total. The minimum absolute atomic E-state index is 0.0357. The summed E-state index contributed by atoms with van der Waals surface area (Å²) in [6.07, 6.45) is 4.40. The lowest BCUT2D eigenvalue weighted by molar-refractivity contribution is 0.105. The molecule has 39 heavy (non-hydrogen) atoms. The van der Waals surface area contributed by atoms with Crippen LogP contribution in [-0.4, -0.2) is 64.3 Å². The van der Waals surface area contributed by atoms with Crippen LogP contribution in [0.4, 0.5) is 25.4 Å². The maximum absolute atomic E-state index is 14.8. The molecular weight excluding hydrogens is 523 g/mol. The molecule has 200 valence electrons. The van der Waals surface area contributed by atoms with E-state index in [1.165, 1.54) is 28.4 Å². The average Bonchev–Trinajstić information content (AvgIpc) is 3.58. The van der Waals surface area contributed by atoms with Gasteiger partial charge in [-0.3, -0.25) is 9.97 Å². The molecule has 4 heterocycles. The van der Waals surface area contributed by atoms with E-state index in [0.29, 0.717) is 30.0 Å². The van der Waals surface area contributed by atoms with Crippen LogP contribution in [0.5, 0.6) is 11.5 Å². The number of ether oxygens (including phenoxy) is 1. The number of aromatic nitrogens is 2. The van der Waals surface area contributed by atoms with Crippen molar-refractivity contribution < 1.29 is 23.8 Å². The highest BCUT2D eigenvalue weighted by molar-refractivity contribution is 7.22. The van der Waals surface area contributed by atoms with E-state index in [9.17, 15) is 14.0 Å². The zero-order valence-corrected chi connectivity index (χ0v) is 21.7. The molecule has 3 aromatic heterocycles. The number of hydrogen-bond donors (Lipinski definition) is 3. The average molecular weight is 549 g/mol. The van der Waals surface area contributed by atoms with E-state index < -0.39 is 11.9 Å². The number of halogens is 1. The van der Waals surface area contributed by atoms with Crippen LogP contribution in [0.1, 0.15) is 12.8 Å². The van der Waals surface area contributed by atoms with Gasteiger partial charge in [-0.25, -0.2) is 14.0 Å². The van der Waals surface area contributed by atoms with Crippen molar-refractivity contribution in [3.05, 3.63) is 60.7 Å². The Bertz CT molecular complexity index is 1550. The van der Waals surface area contributed by atoms with Crippen LogP contribution in [0, 0.1) is 5.82 Å². The summed E-state index contributed by atoms with van der Waals surface area (Å²) in [5, 5.41) is 14.5. The van der Waals surface area contributed by atoms with Crippen molar-refractivity contribution in [3.8, 4) is 22.1 Å². The lowest BCUT2D eigenvalue weighted by Crippen LogP contribution is -2.60. The number of thiophene rings is 1. The van der Waals surface area contributed by atoms with E-state index in [1.54, 1.807) is 24.5 Å². The number of pyridine rings is 2. The van der Waals surface area contributed by atoms with Gasteiger partial charge < -0.3 is 30.3 Å². The molecule has 12 heteroatoms. The molecule has 0 spiro atoms. The Labute approximate surface area is 227 Å². The molecule has 6 rings (SSSR count). The van der Waals surface area contributed by atoms with Crippen molar-refractivity contribution in [2.24, 2.45) is 0 Å². The predicted octanol–water partition coefficient (Wildman–Crippen LogP) is 5.37. The van der Waals surface area contributed by atoms with E-state index in [1.807, 2.05) is 30.1 Å². The summed E-state index contributed by atoms with van der Waals surface area (Å²) >= 11 is 1.44. The van der Waals surface area contributed by atoms with Crippen molar-refractivity contribution in [1.82, 2.24) is 20.2 Å². The zero-order valence-electron chi connectivity index (χ0n) is 20.9. The fourth-order valence-corrected chi connectivity index (χ4v) is 5.33. The zero-order chi connectivity index (χ0) is 27.1. The fourth-order valence-electron chi connectivity index (χ4n) is 4.29. The second-order valence-corrected chi connectivity index (χ2v) is 10.7. The third kappa shape index (κ3) is 5.28. The maximum Gasteiger partial charge on any atom is 0.407 e. The van der Waals surface area contributed by atoms with Crippen molar-refractivity contribution in [2.45, 2.75) is 24.9 Å². The second-order valence-electron chi connectivity index (χ2n) is 9.61. The van der Waals surface area contributed by atoms with Gasteiger partial charge in [0.05, 0.1) is 38.7 Å². The number of nitrogens with zero attached hydrogens (tertiary/aromatic N) is 4. The first kappa shape index (κ1) is 24.9. The molecule has 1 saturated heterocycles. The number of amides is 3. The van der Waals surface area contributed by atoms with Crippen LogP contribution in [0.3, 0.4) is 0 Å². The summed E-state index contributed by atoms with van der Waals surface area (Å²) in [5.41, 5.74) is 2.70. The Kier molecular flexibility index (Phi) is 6.39. The quantitative estimate of drug-likeness (QED) is 0.284. The largest absolute Gasteiger partial charge is 0.465 e. The van der Waals surface area contributed by atoms with Crippen LogP contribution in [0.25, 0.3) is 20.8 Å². The first-order valence-corrected chi connectivity index (χ1v) is 13.3. The first-order valence-electron chi connectivity index (χ1n) is 12.4. The van der Waals surface area contributed by atoms with Gasteiger partial charge >= 0.3 is 12.1 Å². The molecule has 1 saturated carbocycles. The molecule has 3 N–H and O–H groups in total. The minimum Gasteiger partial charge on any atom is -0.465 e. The van der Waals surface area contributed by atoms with Gasteiger partial charge in [0.1, 0.15) is 5.75 Å². The highest BCUT2D eigenvalue weighted by Gasteiger charge is 2.33. The number of likely N-dealkylation sites (tertiary alicyclic amines) is 1. The summed E-state index contributed by atoms with van der Waals surface area (Å²) in [6.45, 7) is 0.932. The summed E-state index contributed by atoms with van der Waals surface area (Å²) in [4.78, 5) is 36.3. The SMILES string of the molecule is CN(c1ccc(-c2cc3nccc(Oc4ccc(NC(=O)NC5CC5)cc4F)c3s2)nc1)C1CN(C(=O)O)C1. The maximum atomic E-state index is 14.8. The molecule has 3 amide bonds. The van der Waals surface area contributed by atoms with Crippen molar-refractivity contribution >= 4 is 45.1 Å². The van der Waals surface area contributed by atoms with Crippen molar-refractivity contribution in [2.75, 3.05) is 30.4 Å². The molecule has 0 atom stereocenters. The second kappa shape index (κ2) is 10.0. The van der Waals surface area contributed by atoms with E-state index in [-0.39, 0.29) is 23.9 Å². The molecule has 2 aliphatic rings. The number of nitrogens with one attached hydrogen (secondary N) is 2. The standard InChI is InChI=1S/C27H25FN6O4S/c1-33(18-13-34(14-18)27(36)37)17-5-6-20(30-12-17)24-11-21-25(39-24)23(8-9-29-21)38-22-7-4-16(10-19(22)28)32-26(35)31-15-2-3-15/h4-12,15,18H,2-3,13-14H2,1H3,(H,36,37)(H2,31,32,35). The molecule has 1 aromatic carbocycles. The third-order valence-electron chi connectivity index (χ3n) is 6.79. The Balaban J connectivity index is 1.16. The summed E-state index contributed by atoms with van der Waals surface area (Å²) < 4.78 is 21.5. The van der Waals surface area contributed by atoms with Gasteiger partial charge in [-0.2, -0.15) is 0 Å². The molecule has 0 unspecified atom stereocenters. The molecule has 1 aliphatic carbocycles. The van der Waals surface area contributed by atoms with Gasteiger partial charge in [0.2, 0.25) is 0 Å². The number of likely N-dealkylation sites (N-methyl/N-ethyl adjacent to an activating group) is 1.